The SMILES string of the molecule is O=C(CN1CCCC(c2nc3ccccc3o2)C1)Nc1cccc(F)c1. The van der Waals surface area contributed by atoms with Crippen molar-refractivity contribution in [2.45, 2.75) is 18.8 Å². The third kappa shape index (κ3) is 3.75. The fraction of sp³-hybridized carbons (Fsp3) is 0.300. The fourth-order valence-corrected chi connectivity index (χ4v) is 3.44. The largest absolute Gasteiger partial charge is 0.440 e. The Kier molecular flexibility index (Phi) is 4.67. The molecule has 1 atom stereocenters. The number of benzene rings is 2. The number of oxazole rings is 1. The second-order valence-electron chi connectivity index (χ2n) is 6.65. The summed E-state index contributed by atoms with van der Waals surface area (Å²) < 4.78 is 19.1. The number of likely N-dealkylation sites (tertiary alicyclic amines) is 1. The van der Waals surface area contributed by atoms with Crippen molar-refractivity contribution >= 4 is 22.7 Å². The van der Waals surface area contributed by atoms with Crippen molar-refractivity contribution in [3.05, 3.63) is 60.2 Å². The second kappa shape index (κ2) is 7.25. The summed E-state index contributed by atoms with van der Waals surface area (Å²) in [6, 6.07) is 13.7. The van der Waals surface area contributed by atoms with Crippen LogP contribution >= 0.6 is 0 Å². The number of piperidine rings is 1. The van der Waals surface area contributed by atoms with Gasteiger partial charge in [-0.25, -0.2) is 9.37 Å². The van der Waals surface area contributed by atoms with Gasteiger partial charge in [-0.2, -0.15) is 0 Å². The minimum absolute atomic E-state index is 0.145. The molecule has 1 aromatic heterocycles. The van der Waals surface area contributed by atoms with Crippen molar-refractivity contribution in [1.82, 2.24) is 9.88 Å². The van der Waals surface area contributed by atoms with Crippen LogP contribution in [0.5, 0.6) is 0 Å². The van der Waals surface area contributed by atoms with Gasteiger partial charge in [0.25, 0.3) is 0 Å². The molecule has 0 bridgehead atoms. The van der Waals surface area contributed by atoms with Crippen LogP contribution in [0.15, 0.2) is 52.9 Å². The minimum atomic E-state index is -0.364. The lowest BCUT2D eigenvalue weighted by molar-refractivity contribution is -0.117. The van der Waals surface area contributed by atoms with E-state index in [0.29, 0.717) is 5.69 Å². The summed E-state index contributed by atoms with van der Waals surface area (Å²) in [5.41, 5.74) is 2.13. The van der Waals surface area contributed by atoms with Crippen LogP contribution in [-0.2, 0) is 4.79 Å². The van der Waals surface area contributed by atoms with Gasteiger partial charge < -0.3 is 9.73 Å². The van der Waals surface area contributed by atoms with Crippen LogP contribution in [0, 0.1) is 5.82 Å². The molecule has 0 saturated carbocycles. The van der Waals surface area contributed by atoms with E-state index in [2.05, 4.69) is 15.2 Å². The number of amides is 1. The molecule has 1 saturated heterocycles. The van der Waals surface area contributed by atoms with E-state index < -0.39 is 0 Å². The Hall–Kier alpha value is -2.73. The fourth-order valence-electron chi connectivity index (χ4n) is 3.44. The highest BCUT2D eigenvalue weighted by Gasteiger charge is 2.26. The monoisotopic (exact) mass is 353 g/mol. The lowest BCUT2D eigenvalue weighted by atomic mass is 9.98. The van der Waals surface area contributed by atoms with E-state index in [4.69, 9.17) is 4.42 Å². The Morgan fingerprint density at radius 2 is 2.15 bits per heavy atom. The van der Waals surface area contributed by atoms with Crippen LogP contribution in [0.25, 0.3) is 11.1 Å². The van der Waals surface area contributed by atoms with Gasteiger partial charge in [-0.1, -0.05) is 18.2 Å². The van der Waals surface area contributed by atoms with Gasteiger partial charge in [0.1, 0.15) is 11.3 Å². The van der Waals surface area contributed by atoms with E-state index in [1.165, 1.54) is 12.1 Å². The molecule has 0 radical (unpaired) electrons. The van der Waals surface area contributed by atoms with E-state index in [-0.39, 0.29) is 24.2 Å². The number of hydrogen-bond donors (Lipinski definition) is 1. The quantitative estimate of drug-likeness (QED) is 0.775. The first-order valence-electron chi connectivity index (χ1n) is 8.80. The van der Waals surface area contributed by atoms with Gasteiger partial charge in [0.05, 0.1) is 6.54 Å². The van der Waals surface area contributed by atoms with Crippen molar-refractivity contribution < 1.29 is 13.6 Å². The lowest BCUT2D eigenvalue weighted by Crippen LogP contribution is -2.39. The van der Waals surface area contributed by atoms with Crippen molar-refractivity contribution in [3.8, 4) is 0 Å². The molecule has 1 fully saturated rings. The molecule has 4 rings (SSSR count). The van der Waals surface area contributed by atoms with Gasteiger partial charge in [-0.05, 0) is 49.7 Å². The van der Waals surface area contributed by atoms with Crippen LogP contribution in [-0.4, -0.2) is 35.4 Å². The lowest BCUT2D eigenvalue weighted by Gasteiger charge is -2.30. The average Bonchev–Trinajstić information content (AvgIpc) is 3.06. The summed E-state index contributed by atoms with van der Waals surface area (Å²) in [4.78, 5) is 18.9. The molecule has 2 aromatic carbocycles. The minimum Gasteiger partial charge on any atom is -0.440 e. The van der Waals surface area contributed by atoms with Gasteiger partial charge in [0.2, 0.25) is 5.91 Å². The summed E-state index contributed by atoms with van der Waals surface area (Å²) in [7, 11) is 0. The van der Waals surface area contributed by atoms with Crippen molar-refractivity contribution in [2.24, 2.45) is 0 Å². The number of fused-ring (bicyclic) bond motifs is 1. The molecule has 0 spiro atoms. The zero-order valence-corrected chi connectivity index (χ0v) is 14.3. The Morgan fingerprint density at radius 1 is 1.27 bits per heavy atom. The Balaban J connectivity index is 1.39. The summed E-state index contributed by atoms with van der Waals surface area (Å²) in [6.07, 6.45) is 1.98. The average molecular weight is 353 g/mol. The number of nitrogens with zero attached hydrogens (tertiary/aromatic N) is 2. The molecule has 3 aromatic rings. The number of nitrogens with one attached hydrogen (secondary N) is 1. The molecular weight excluding hydrogens is 333 g/mol. The zero-order valence-electron chi connectivity index (χ0n) is 14.3. The van der Waals surface area contributed by atoms with Gasteiger partial charge >= 0.3 is 0 Å². The number of carbonyl (C=O) groups excluding carboxylic acids is 1. The highest BCUT2D eigenvalue weighted by atomic mass is 19.1. The molecular formula is C20H20FN3O2. The standard InChI is InChI=1S/C20H20FN3O2/c21-15-6-3-7-16(11-15)22-19(25)13-24-10-4-5-14(12-24)20-23-17-8-1-2-9-18(17)26-20/h1-3,6-9,11,14H,4-5,10,12-13H2,(H,22,25). The van der Waals surface area contributed by atoms with Crippen LogP contribution in [0.2, 0.25) is 0 Å². The van der Waals surface area contributed by atoms with Crippen LogP contribution in [0.3, 0.4) is 0 Å². The number of para-hydroxylation sites is 2. The smallest absolute Gasteiger partial charge is 0.238 e. The number of aromatic nitrogens is 1. The Bertz CT molecular complexity index is 891. The first-order valence-corrected chi connectivity index (χ1v) is 8.80. The maximum Gasteiger partial charge on any atom is 0.238 e. The van der Waals surface area contributed by atoms with Gasteiger partial charge in [-0.15, -0.1) is 0 Å². The summed E-state index contributed by atoms with van der Waals surface area (Å²) in [6.45, 7) is 1.85. The van der Waals surface area contributed by atoms with Crippen LogP contribution in [0.4, 0.5) is 10.1 Å². The van der Waals surface area contributed by atoms with Gasteiger partial charge in [-0.3, -0.25) is 9.69 Å². The summed E-state index contributed by atoms with van der Waals surface area (Å²) in [5.74, 6) is 0.408. The molecule has 1 aliphatic heterocycles. The van der Waals surface area contributed by atoms with E-state index in [0.717, 1.165) is 42.9 Å². The number of halogens is 1. The number of carbonyl (C=O) groups is 1. The highest BCUT2D eigenvalue weighted by Crippen LogP contribution is 2.28. The molecule has 1 amide bonds. The van der Waals surface area contributed by atoms with Crippen molar-refractivity contribution in [2.75, 3.05) is 25.0 Å². The first kappa shape index (κ1) is 16.7. The molecule has 1 unspecified atom stereocenters. The van der Waals surface area contributed by atoms with E-state index in [9.17, 15) is 9.18 Å². The van der Waals surface area contributed by atoms with Crippen molar-refractivity contribution in [1.29, 1.82) is 0 Å². The first-order chi connectivity index (χ1) is 12.7. The molecule has 1 aliphatic rings. The van der Waals surface area contributed by atoms with Gasteiger partial charge in [0, 0.05) is 18.2 Å². The molecule has 5 nitrogen and oxygen atoms in total. The van der Waals surface area contributed by atoms with E-state index >= 15 is 0 Å². The Morgan fingerprint density at radius 3 is 3.00 bits per heavy atom. The van der Waals surface area contributed by atoms with E-state index in [1.807, 2.05) is 24.3 Å². The number of rotatable bonds is 4. The molecule has 134 valence electrons. The predicted octanol–water partition coefficient (Wildman–Crippen LogP) is 3.79. The molecule has 1 N–H and O–H groups in total. The van der Waals surface area contributed by atoms with Gasteiger partial charge in [0.15, 0.2) is 11.5 Å². The summed E-state index contributed by atoms with van der Waals surface area (Å²) >= 11 is 0. The highest BCUT2D eigenvalue weighted by molar-refractivity contribution is 5.92. The predicted molar refractivity (Wildman–Crippen MR) is 97.5 cm³/mol. The third-order valence-electron chi connectivity index (χ3n) is 4.64. The normalized spacial score (nSPS) is 18.1. The number of anilines is 1. The number of hydrogen-bond acceptors (Lipinski definition) is 4. The topological polar surface area (TPSA) is 58.4 Å². The molecule has 26 heavy (non-hydrogen) atoms. The van der Waals surface area contributed by atoms with Crippen LogP contribution < -0.4 is 5.32 Å². The van der Waals surface area contributed by atoms with Crippen LogP contribution in [0.1, 0.15) is 24.7 Å². The maximum absolute atomic E-state index is 13.2. The zero-order chi connectivity index (χ0) is 17.9. The second-order valence-corrected chi connectivity index (χ2v) is 6.65. The summed E-state index contributed by atoms with van der Waals surface area (Å²) in [5, 5.41) is 2.75. The molecule has 6 heteroatoms. The third-order valence-corrected chi connectivity index (χ3v) is 4.64. The Labute approximate surface area is 150 Å². The molecule has 2 heterocycles. The maximum atomic E-state index is 13.2. The van der Waals surface area contributed by atoms with Crippen molar-refractivity contribution in [3.63, 3.8) is 0 Å². The van der Waals surface area contributed by atoms with E-state index in [1.54, 1.807) is 12.1 Å². The molecule has 0 aliphatic carbocycles.